The number of rotatable bonds is 15. The van der Waals surface area contributed by atoms with Crippen LogP contribution in [0.1, 0.15) is 52.5 Å². The van der Waals surface area contributed by atoms with Gasteiger partial charge in [-0.1, -0.05) is 23.8 Å². The van der Waals surface area contributed by atoms with Gasteiger partial charge in [0, 0.05) is 0 Å². The zero-order valence-electron chi connectivity index (χ0n) is 18.4. The normalized spacial score (nSPS) is 13.1. The van der Waals surface area contributed by atoms with Gasteiger partial charge in [-0.2, -0.15) is 8.42 Å². The minimum Gasteiger partial charge on any atom is -0.494 e. The largest absolute Gasteiger partial charge is 0.494 e. The second-order valence-corrected chi connectivity index (χ2v) is 11.1. The van der Waals surface area contributed by atoms with E-state index in [1.54, 1.807) is 13.8 Å². The Morgan fingerprint density at radius 2 is 1.73 bits per heavy atom. The minimum absolute atomic E-state index is 0.124. The van der Waals surface area contributed by atoms with E-state index in [1.165, 1.54) is 5.57 Å². The van der Waals surface area contributed by atoms with Gasteiger partial charge in [-0.15, -0.1) is 0 Å². The van der Waals surface area contributed by atoms with E-state index in [4.69, 9.17) is 13.8 Å². The fraction of sp³-hybridized carbons (Fsp3) is 0.619. The summed E-state index contributed by atoms with van der Waals surface area (Å²) in [5.41, 5.74) is 1.29. The fourth-order valence-electron chi connectivity index (χ4n) is 2.93. The average molecular weight is 463 g/mol. The molecule has 1 aromatic rings. The molecule has 7 nitrogen and oxygen atoms in total. The Hall–Kier alpha value is -1.18. The Morgan fingerprint density at radius 1 is 1.13 bits per heavy atom. The lowest BCUT2D eigenvalue weighted by molar-refractivity contribution is 0.212. The van der Waals surface area contributed by atoms with E-state index in [-0.39, 0.29) is 19.6 Å². The predicted molar refractivity (Wildman–Crippen MR) is 120 cm³/mol. The van der Waals surface area contributed by atoms with Crippen LogP contribution in [0, 0.1) is 0 Å². The van der Waals surface area contributed by atoms with Gasteiger partial charge in [-0.25, -0.2) is 0 Å². The van der Waals surface area contributed by atoms with Gasteiger partial charge in [0.25, 0.3) is 10.1 Å². The summed E-state index contributed by atoms with van der Waals surface area (Å²) in [4.78, 5) is 0. The third-order valence-electron chi connectivity index (χ3n) is 4.33. The first-order valence-corrected chi connectivity index (χ1v) is 13.5. The molecule has 0 amide bonds. The molecule has 0 aliphatic heterocycles. The molecule has 0 spiro atoms. The summed E-state index contributed by atoms with van der Waals surface area (Å²) < 4.78 is 61.5. The number of allylic oxidation sites excluding steroid dienone is 2. The summed E-state index contributed by atoms with van der Waals surface area (Å²) in [6.07, 6.45) is 4.80. The van der Waals surface area contributed by atoms with Gasteiger partial charge in [0.1, 0.15) is 5.75 Å². The molecule has 0 aliphatic rings. The average Bonchev–Trinajstić information content (AvgIpc) is 2.65. The molecule has 0 saturated carbocycles. The maximum absolute atomic E-state index is 13.0. The molecule has 0 aliphatic carbocycles. The van der Waals surface area contributed by atoms with Gasteiger partial charge in [-0.3, -0.25) is 9.12 Å². The first kappa shape index (κ1) is 26.9. The molecule has 0 fully saturated rings. The number of ether oxygens (including phenoxy) is 1. The van der Waals surface area contributed by atoms with Gasteiger partial charge < -0.3 is 13.8 Å². The highest BCUT2D eigenvalue weighted by molar-refractivity contribution is 7.86. The van der Waals surface area contributed by atoms with E-state index in [0.29, 0.717) is 13.0 Å². The highest BCUT2D eigenvalue weighted by Crippen LogP contribution is 2.54. The van der Waals surface area contributed by atoms with Crippen molar-refractivity contribution in [3.63, 3.8) is 0 Å². The molecule has 1 unspecified atom stereocenters. The predicted octanol–water partition coefficient (Wildman–Crippen LogP) is 5.27. The van der Waals surface area contributed by atoms with Crippen LogP contribution in [0.2, 0.25) is 0 Å². The second kappa shape index (κ2) is 13.3. The van der Waals surface area contributed by atoms with Gasteiger partial charge in [0.2, 0.25) is 0 Å². The Labute approximate surface area is 181 Å². The van der Waals surface area contributed by atoms with E-state index in [2.05, 4.69) is 19.9 Å². The van der Waals surface area contributed by atoms with Crippen molar-refractivity contribution in [3.05, 3.63) is 41.5 Å². The molecular formula is C21H35O7PS. The van der Waals surface area contributed by atoms with E-state index in [1.807, 2.05) is 24.3 Å². The van der Waals surface area contributed by atoms with Crippen molar-refractivity contribution in [1.29, 1.82) is 0 Å². The molecule has 0 bridgehead atoms. The van der Waals surface area contributed by atoms with Gasteiger partial charge in [-0.05, 0) is 71.1 Å². The van der Waals surface area contributed by atoms with Crippen LogP contribution in [-0.2, 0) is 30.2 Å². The van der Waals surface area contributed by atoms with Crippen LogP contribution < -0.4 is 4.74 Å². The summed E-state index contributed by atoms with van der Waals surface area (Å²) in [5, 5.41) is 0. The van der Waals surface area contributed by atoms with Crippen LogP contribution in [0.25, 0.3) is 0 Å². The molecule has 0 radical (unpaired) electrons. The molecule has 0 aromatic heterocycles. The number of hydrogen-bond donors (Lipinski definition) is 1. The van der Waals surface area contributed by atoms with E-state index in [0.717, 1.165) is 24.2 Å². The lowest BCUT2D eigenvalue weighted by Crippen LogP contribution is -2.24. The van der Waals surface area contributed by atoms with Crippen LogP contribution in [0.15, 0.2) is 35.9 Å². The van der Waals surface area contributed by atoms with Gasteiger partial charge >= 0.3 is 7.60 Å². The summed E-state index contributed by atoms with van der Waals surface area (Å²) >= 11 is 0. The standard InChI is InChI=1S/C21H35O7PS/c1-5-27-29(22,28-6-2)21(17-30(23,24)25)15-12-19-10-13-20(14-11-19)26-16-8-7-9-18(3)4/h9-11,13-14,21H,5-8,12,15-17H2,1-4H3,(H,23,24,25). The summed E-state index contributed by atoms with van der Waals surface area (Å²) in [6.45, 7) is 8.34. The van der Waals surface area contributed by atoms with E-state index in [9.17, 15) is 17.5 Å². The minimum atomic E-state index is -4.33. The summed E-state index contributed by atoms with van der Waals surface area (Å²) in [6, 6.07) is 7.50. The van der Waals surface area contributed by atoms with Crippen LogP contribution >= 0.6 is 7.60 Å². The quantitative estimate of drug-likeness (QED) is 0.164. The van der Waals surface area contributed by atoms with Crippen molar-refractivity contribution in [2.75, 3.05) is 25.6 Å². The molecule has 30 heavy (non-hydrogen) atoms. The maximum atomic E-state index is 13.0. The highest BCUT2D eigenvalue weighted by Gasteiger charge is 2.38. The van der Waals surface area contributed by atoms with Crippen molar-refractivity contribution in [2.45, 2.75) is 59.0 Å². The van der Waals surface area contributed by atoms with Crippen LogP contribution in [0.5, 0.6) is 5.75 Å². The van der Waals surface area contributed by atoms with Gasteiger partial charge in [0.05, 0.1) is 31.2 Å². The lowest BCUT2D eigenvalue weighted by atomic mass is 10.1. The molecule has 0 heterocycles. The number of unbranched alkanes of at least 4 members (excludes halogenated alkanes) is 1. The SMILES string of the molecule is CCOP(=O)(OCC)C(CCc1ccc(OCCCC=C(C)C)cc1)CS(=O)(=O)O. The Kier molecular flexibility index (Phi) is 11.9. The fourth-order valence-corrected chi connectivity index (χ4v) is 6.54. The number of hydrogen-bond acceptors (Lipinski definition) is 6. The summed E-state index contributed by atoms with van der Waals surface area (Å²) in [7, 11) is -8.00. The van der Waals surface area contributed by atoms with Crippen LogP contribution in [0.4, 0.5) is 0 Å². The van der Waals surface area contributed by atoms with Gasteiger partial charge in [0.15, 0.2) is 0 Å². The summed E-state index contributed by atoms with van der Waals surface area (Å²) in [5.74, 6) is 0.0942. The zero-order chi connectivity index (χ0) is 22.6. The maximum Gasteiger partial charge on any atom is 0.334 e. The van der Waals surface area contributed by atoms with Crippen molar-refractivity contribution in [1.82, 2.24) is 0 Å². The zero-order valence-corrected chi connectivity index (χ0v) is 20.1. The van der Waals surface area contributed by atoms with E-state index >= 15 is 0 Å². The third-order valence-corrected chi connectivity index (χ3v) is 7.97. The molecule has 9 heteroatoms. The topological polar surface area (TPSA) is 99.1 Å². The van der Waals surface area contributed by atoms with E-state index < -0.39 is 29.1 Å². The Balaban J connectivity index is 2.72. The molecule has 0 saturated heterocycles. The Morgan fingerprint density at radius 3 is 2.23 bits per heavy atom. The third kappa shape index (κ3) is 10.7. The monoisotopic (exact) mass is 462 g/mol. The van der Waals surface area contributed by atoms with Crippen molar-refractivity contribution in [3.8, 4) is 5.75 Å². The van der Waals surface area contributed by atoms with Crippen LogP contribution in [-0.4, -0.2) is 44.2 Å². The molecule has 1 aromatic carbocycles. The lowest BCUT2D eigenvalue weighted by Gasteiger charge is -2.25. The molecule has 1 rings (SSSR count). The van der Waals surface area contributed by atoms with Crippen LogP contribution in [0.3, 0.4) is 0 Å². The molecule has 1 N–H and O–H groups in total. The van der Waals surface area contributed by atoms with Crippen molar-refractivity contribution in [2.24, 2.45) is 0 Å². The highest BCUT2D eigenvalue weighted by atomic mass is 32.2. The smallest absolute Gasteiger partial charge is 0.334 e. The molecule has 1 atom stereocenters. The first-order valence-electron chi connectivity index (χ1n) is 10.3. The first-order chi connectivity index (χ1) is 14.1. The van der Waals surface area contributed by atoms with Crippen molar-refractivity contribution >= 4 is 17.7 Å². The van der Waals surface area contributed by atoms with Crippen molar-refractivity contribution < 1.29 is 31.3 Å². The molecule has 172 valence electrons. The number of benzene rings is 1. The second-order valence-electron chi connectivity index (χ2n) is 7.23. The Bertz CT molecular complexity index is 789. The number of aryl methyl sites for hydroxylation is 1. The molecular weight excluding hydrogens is 427 g/mol.